The minimum atomic E-state index is -0.200. The largest absolute Gasteiger partial charge is 0.354 e. The van der Waals surface area contributed by atoms with Crippen LogP contribution in [0.1, 0.15) is 29.0 Å². The molecule has 0 aliphatic carbocycles. The summed E-state index contributed by atoms with van der Waals surface area (Å²) in [7, 11) is 0. The Balaban J connectivity index is 1.75. The van der Waals surface area contributed by atoms with E-state index in [2.05, 4.69) is 15.6 Å². The Morgan fingerprint density at radius 3 is 3.05 bits per heavy atom. The highest BCUT2D eigenvalue weighted by atomic mass is 16.2. The Labute approximate surface area is 116 Å². The number of hydrogen-bond acceptors (Lipinski definition) is 3. The molecule has 1 atom stereocenters. The smallest absolute Gasteiger partial charge is 0.271 e. The Kier molecular flexibility index (Phi) is 3.14. The molecule has 1 aliphatic heterocycles. The fourth-order valence-electron chi connectivity index (χ4n) is 2.37. The zero-order chi connectivity index (χ0) is 14.1. The van der Waals surface area contributed by atoms with Gasteiger partial charge in [-0.1, -0.05) is 6.07 Å². The normalized spacial score (nSPS) is 18.9. The number of hydrogen-bond donors (Lipinski definition) is 2. The summed E-state index contributed by atoms with van der Waals surface area (Å²) in [6, 6.07) is 5.72. The number of rotatable bonds is 2. The third-order valence-electron chi connectivity index (χ3n) is 3.53. The van der Waals surface area contributed by atoms with E-state index in [1.807, 2.05) is 29.5 Å². The van der Waals surface area contributed by atoms with E-state index in [1.54, 1.807) is 6.20 Å². The third kappa shape index (κ3) is 2.36. The highest BCUT2D eigenvalue weighted by Crippen LogP contribution is 2.09. The summed E-state index contributed by atoms with van der Waals surface area (Å²) in [5, 5.41) is 5.65. The molecule has 1 fully saturated rings. The third-order valence-corrected chi connectivity index (χ3v) is 3.53. The van der Waals surface area contributed by atoms with Gasteiger partial charge in [-0.2, -0.15) is 0 Å². The molecule has 3 heterocycles. The van der Waals surface area contributed by atoms with Gasteiger partial charge in [-0.15, -0.1) is 0 Å². The molecule has 0 radical (unpaired) electrons. The number of imidazole rings is 1. The number of nitrogens with one attached hydrogen (secondary N) is 2. The zero-order valence-electron chi connectivity index (χ0n) is 11.2. The molecule has 0 saturated carbocycles. The van der Waals surface area contributed by atoms with Gasteiger partial charge in [0.1, 0.15) is 11.3 Å². The van der Waals surface area contributed by atoms with Crippen LogP contribution < -0.4 is 10.6 Å². The van der Waals surface area contributed by atoms with Gasteiger partial charge < -0.3 is 15.0 Å². The molecule has 1 aliphatic rings. The van der Waals surface area contributed by atoms with Crippen LogP contribution in [0.2, 0.25) is 0 Å². The molecule has 2 amide bonds. The van der Waals surface area contributed by atoms with Gasteiger partial charge >= 0.3 is 0 Å². The first-order valence-electron chi connectivity index (χ1n) is 6.66. The van der Waals surface area contributed by atoms with E-state index in [0.717, 1.165) is 11.3 Å². The molecule has 0 bridgehead atoms. The van der Waals surface area contributed by atoms with Crippen molar-refractivity contribution in [2.45, 2.75) is 25.8 Å². The number of aromatic nitrogens is 2. The lowest BCUT2D eigenvalue weighted by Gasteiger charge is -2.22. The molecular weight excluding hydrogens is 256 g/mol. The van der Waals surface area contributed by atoms with Gasteiger partial charge in [-0.3, -0.25) is 9.59 Å². The molecule has 3 rings (SSSR count). The van der Waals surface area contributed by atoms with Gasteiger partial charge in [0.05, 0.1) is 0 Å². The standard InChI is InChI=1S/C14H16N4O2/c1-9-3-2-4-12-17-11(8-18(9)12)14(20)16-10-5-6-13(19)15-7-10/h2-4,8,10H,5-7H2,1H3,(H,15,19)(H,16,20). The van der Waals surface area contributed by atoms with Crippen LogP contribution in [0, 0.1) is 6.92 Å². The molecule has 0 aromatic carbocycles. The monoisotopic (exact) mass is 272 g/mol. The number of carbonyl (C=O) groups is 2. The Hall–Kier alpha value is -2.37. The Morgan fingerprint density at radius 2 is 2.35 bits per heavy atom. The van der Waals surface area contributed by atoms with Crippen molar-refractivity contribution in [3.63, 3.8) is 0 Å². The maximum atomic E-state index is 12.2. The lowest BCUT2D eigenvalue weighted by Crippen LogP contribution is -2.47. The van der Waals surface area contributed by atoms with E-state index in [4.69, 9.17) is 0 Å². The van der Waals surface area contributed by atoms with Crippen LogP contribution in [0.15, 0.2) is 24.4 Å². The van der Waals surface area contributed by atoms with Crippen molar-refractivity contribution >= 4 is 17.5 Å². The Morgan fingerprint density at radius 1 is 1.50 bits per heavy atom. The molecule has 6 heteroatoms. The first-order chi connectivity index (χ1) is 9.63. The van der Waals surface area contributed by atoms with Crippen LogP contribution >= 0.6 is 0 Å². The summed E-state index contributed by atoms with van der Waals surface area (Å²) in [6.07, 6.45) is 2.86. The van der Waals surface area contributed by atoms with Crippen LogP contribution in [-0.4, -0.2) is 33.8 Å². The van der Waals surface area contributed by atoms with Gasteiger partial charge in [-0.25, -0.2) is 4.98 Å². The van der Waals surface area contributed by atoms with Crippen LogP contribution in [0.3, 0.4) is 0 Å². The van der Waals surface area contributed by atoms with Crippen LogP contribution in [0.5, 0.6) is 0 Å². The molecule has 6 nitrogen and oxygen atoms in total. The summed E-state index contributed by atoms with van der Waals surface area (Å²) in [5.74, 6) is -0.159. The van der Waals surface area contributed by atoms with Crippen molar-refractivity contribution in [2.24, 2.45) is 0 Å². The van der Waals surface area contributed by atoms with E-state index in [1.165, 1.54) is 0 Å². The first-order valence-corrected chi connectivity index (χ1v) is 6.66. The van der Waals surface area contributed by atoms with Crippen molar-refractivity contribution in [1.29, 1.82) is 0 Å². The number of piperidine rings is 1. The summed E-state index contributed by atoms with van der Waals surface area (Å²) >= 11 is 0. The highest BCUT2D eigenvalue weighted by molar-refractivity contribution is 5.93. The SMILES string of the molecule is Cc1cccc2nc(C(=O)NC3CCC(=O)NC3)cn12. The molecule has 2 aromatic rings. The van der Waals surface area contributed by atoms with Crippen LogP contribution in [0.4, 0.5) is 0 Å². The average Bonchev–Trinajstić information content (AvgIpc) is 2.87. The molecular formula is C14H16N4O2. The Bertz CT molecular complexity index is 667. The predicted molar refractivity (Wildman–Crippen MR) is 73.4 cm³/mol. The molecule has 2 N–H and O–H groups in total. The maximum absolute atomic E-state index is 12.2. The van der Waals surface area contributed by atoms with Crippen LogP contribution in [0.25, 0.3) is 5.65 Å². The van der Waals surface area contributed by atoms with Gasteiger partial charge in [0.2, 0.25) is 5.91 Å². The lowest BCUT2D eigenvalue weighted by molar-refractivity contribution is -0.122. The maximum Gasteiger partial charge on any atom is 0.271 e. The van der Waals surface area contributed by atoms with E-state index >= 15 is 0 Å². The van der Waals surface area contributed by atoms with E-state index in [9.17, 15) is 9.59 Å². The van der Waals surface area contributed by atoms with Gasteiger partial charge in [-0.05, 0) is 25.5 Å². The number of aryl methyl sites for hydroxylation is 1. The molecule has 1 saturated heterocycles. The molecule has 2 aromatic heterocycles. The fourth-order valence-corrected chi connectivity index (χ4v) is 2.37. The first kappa shape index (κ1) is 12.7. The van der Waals surface area contributed by atoms with E-state index in [-0.39, 0.29) is 17.9 Å². The second-order valence-corrected chi connectivity index (χ2v) is 5.03. The summed E-state index contributed by atoms with van der Waals surface area (Å²) in [4.78, 5) is 27.6. The van der Waals surface area contributed by atoms with E-state index < -0.39 is 0 Å². The summed E-state index contributed by atoms with van der Waals surface area (Å²) in [5.41, 5.74) is 2.18. The number of pyridine rings is 1. The highest BCUT2D eigenvalue weighted by Gasteiger charge is 2.21. The molecule has 20 heavy (non-hydrogen) atoms. The van der Waals surface area contributed by atoms with Crippen molar-refractivity contribution in [2.75, 3.05) is 6.54 Å². The van der Waals surface area contributed by atoms with Crippen molar-refractivity contribution in [3.8, 4) is 0 Å². The van der Waals surface area contributed by atoms with Crippen molar-refractivity contribution < 1.29 is 9.59 Å². The minimum absolute atomic E-state index is 0.0221. The number of nitrogens with zero attached hydrogens (tertiary/aromatic N) is 2. The van der Waals surface area contributed by atoms with Crippen LogP contribution in [-0.2, 0) is 4.79 Å². The summed E-state index contributed by atoms with van der Waals surface area (Å²) < 4.78 is 1.89. The van der Waals surface area contributed by atoms with Gasteiger partial charge in [0.15, 0.2) is 0 Å². The zero-order valence-corrected chi connectivity index (χ0v) is 11.2. The van der Waals surface area contributed by atoms with Crippen molar-refractivity contribution in [1.82, 2.24) is 20.0 Å². The second-order valence-electron chi connectivity index (χ2n) is 5.03. The lowest BCUT2D eigenvalue weighted by atomic mass is 10.1. The molecule has 0 spiro atoms. The van der Waals surface area contributed by atoms with Gasteiger partial charge in [0, 0.05) is 30.9 Å². The molecule has 1 unspecified atom stereocenters. The second kappa shape index (κ2) is 4.96. The minimum Gasteiger partial charge on any atom is -0.354 e. The number of amides is 2. The summed E-state index contributed by atoms with van der Waals surface area (Å²) in [6.45, 7) is 2.45. The molecule has 104 valence electrons. The fraction of sp³-hybridized carbons (Fsp3) is 0.357. The number of fused-ring (bicyclic) bond motifs is 1. The topological polar surface area (TPSA) is 75.5 Å². The quantitative estimate of drug-likeness (QED) is 0.843. The van der Waals surface area contributed by atoms with E-state index in [0.29, 0.717) is 25.1 Å². The predicted octanol–water partition coefficient (Wildman–Crippen LogP) is 0.651. The average molecular weight is 272 g/mol. The van der Waals surface area contributed by atoms with Gasteiger partial charge in [0.25, 0.3) is 5.91 Å². The number of carbonyl (C=O) groups excluding carboxylic acids is 2. The van der Waals surface area contributed by atoms with Crippen molar-refractivity contribution in [3.05, 3.63) is 35.8 Å².